The molecule has 2 heterocycles. The van der Waals surface area contributed by atoms with Gasteiger partial charge in [0, 0.05) is 37.9 Å². The van der Waals surface area contributed by atoms with Gasteiger partial charge in [-0.15, -0.1) is 0 Å². The Morgan fingerprint density at radius 1 is 1.48 bits per heavy atom. The highest BCUT2D eigenvalue weighted by atomic mass is 32.2. The zero-order valence-corrected chi connectivity index (χ0v) is 13.4. The van der Waals surface area contributed by atoms with Gasteiger partial charge in [0.2, 0.25) is 15.9 Å². The number of nitrogens with one attached hydrogen (secondary N) is 1. The molecule has 2 rings (SSSR count). The van der Waals surface area contributed by atoms with Gasteiger partial charge >= 0.3 is 0 Å². The van der Waals surface area contributed by atoms with Crippen LogP contribution in [0.5, 0.6) is 5.88 Å². The van der Waals surface area contributed by atoms with Gasteiger partial charge in [-0.1, -0.05) is 13.0 Å². The van der Waals surface area contributed by atoms with Crippen molar-refractivity contribution in [1.29, 1.82) is 0 Å². The number of nitrogens with zero attached hydrogens (tertiary/aromatic N) is 2. The molecule has 118 valence electrons. The van der Waals surface area contributed by atoms with Crippen LogP contribution in [0.25, 0.3) is 0 Å². The topological polar surface area (TPSA) is 71.5 Å². The van der Waals surface area contributed by atoms with Crippen LogP contribution in [0.4, 0.5) is 0 Å². The fourth-order valence-corrected chi connectivity index (χ4v) is 3.23. The lowest BCUT2D eigenvalue weighted by Crippen LogP contribution is -2.36. The summed E-state index contributed by atoms with van der Waals surface area (Å²) in [6.07, 6.45) is 4.83. The minimum atomic E-state index is -3.12. The normalized spacial score (nSPS) is 19.8. The molecule has 0 radical (unpaired) electrons. The summed E-state index contributed by atoms with van der Waals surface area (Å²) in [5.41, 5.74) is 1.11. The fourth-order valence-electron chi connectivity index (χ4n) is 2.43. The van der Waals surface area contributed by atoms with Crippen molar-refractivity contribution in [3.05, 3.63) is 23.9 Å². The number of aromatic nitrogens is 1. The Morgan fingerprint density at radius 2 is 2.29 bits per heavy atom. The molecule has 7 heteroatoms. The Hall–Kier alpha value is -1.18. The van der Waals surface area contributed by atoms with Crippen LogP contribution in [0.3, 0.4) is 0 Å². The minimum Gasteiger partial charge on any atom is -0.478 e. The highest BCUT2D eigenvalue weighted by Gasteiger charge is 2.24. The van der Waals surface area contributed by atoms with E-state index in [1.807, 2.05) is 18.3 Å². The van der Waals surface area contributed by atoms with Crippen LogP contribution in [0.2, 0.25) is 0 Å². The lowest BCUT2D eigenvalue weighted by atomic mass is 10.2. The number of pyridine rings is 1. The third kappa shape index (κ3) is 5.61. The summed E-state index contributed by atoms with van der Waals surface area (Å²) in [7, 11) is -3.12. The van der Waals surface area contributed by atoms with E-state index in [0.29, 0.717) is 12.5 Å². The number of likely N-dealkylation sites (tertiary alicyclic amines) is 1. The molecular formula is C14H23N3O3S. The zero-order chi connectivity index (χ0) is 15.3. The van der Waals surface area contributed by atoms with E-state index in [9.17, 15) is 8.42 Å². The van der Waals surface area contributed by atoms with Crippen LogP contribution in [0, 0.1) is 0 Å². The second-order valence-electron chi connectivity index (χ2n) is 5.46. The number of ether oxygens (including phenoxy) is 1. The van der Waals surface area contributed by atoms with E-state index in [0.717, 1.165) is 38.0 Å². The average molecular weight is 313 g/mol. The Morgan fingerprint density at radius 3 is 2.90 bits per heavy atom. The summed E-state index contributed by atoms with van der Waals surface area (Å²) >= 11 is 0. The Balaban J connectivity index is 1.83. The zero-order valence-electron chi connectivity index (χ0n) is 12.6. The first-order chi connectivity index (χ1) is 9.96. The first-order valence-corrected chi connectivity index (χ1v) is 9.13. The number of hydrogen-bond acceptors (Lipinski definition) is 5. The first kappa shape index (κ1) is 16.2. The predicted octanol–water partition coefficient (Wildman–Crippen LogP) is 0.994. The minimum absolute atomic E-state index is 0.0140. The van der Waals surface area contributed by atoms with Crippen LogP contribution in [-0.4, -0.2) is 50.3 Å². The number of rotatable bonds is 7. The molecule has 1 saturated heterocycles. The number of sulfonamides is 1. The molecule has 0 bridgehead atoms. The van der Waals surface area contributed by atoms with E-state index < -0.39 is 10.0 Å². The maximum Gasteiger partial charge on any atom is 0.213 e. The van der Waals surface area contributed by atoms with Crippen LogP contribution in [0.15, 0.2) is 18.3 Å². The van der Waals surface area contributed by atoms with Gasteiger partial charge in [-0.25, -0.2) is 18.1 Å². The summed E-state index contributed by atoms with van der Waals surface area (Å²) in [5, 5.41) is 0. The third-order valence-electron chi connectivity index (χ3n) is 3.31. The molecule has 1 aliphatic heterocycles. The molecule has 1 aliphatic rings. The summed E-state index contributed by atoms with van der Waals surface area (Å²) in [5.74, 6) is 0.652. The molecular weight excluding hydrogens is 290 g/mol. The van der Waals surface area contributed by atoms with Crippen molar-refractivity contribution in [3.8, 4) is 5.88 Å². The molecule has 21 heavy (non-hydrogen) atoms. The lowest BCUT2D eigenvalue weighted by molar-refractivity contribution is 0.303. The van der Waals surface area contributed by atoms with Gasteiger partial charge in [-0.05, 0) is 18.4 Å². The molecule has 0 spiro atoms. The van der Waals surface area contributed by atoms with E-state index in [1.54, 1.807) is 0 Å². The van der Waals surface area contributed by atoms with Gasteiger partial charge in [-0.3, -0.25) is 4.90 Å². The third-order valence-corrected chi connectivity index (χ3v) is 4.07. The van der Waals surface area contributed by atoms with Crippen molar-refractivity contribution in [3.63, 3.8) is 0 Å². The molecule has 1 fully saturated rings. The molecule has 0 amide bonds. The highest BCUT2D eigenvalue weighted by molar-refractivity contribution is 7.88. The predicted molar refractivity (Wildman–Crippen MR) is 81.7 cm³/mol. The molecule has 0 aliphatic carbocycles. The van der Waals surface area contributed by atoms with E-state index in [-0.39, 0.29) is 6.04 Å². The maximum atomic E-state index is 11.2. The van der Waals surface area contributed by atoms with E-state index in [4.69, 9.17) is 4.74 Å². The Bertz CT molecular complexity index is 545. The smallest absolute Gasteiger partial charge is 0.213 e. The first-order valence-electron chi connectivity index (χ1n) is 7.23. The largest absolute Gasteiger partial charge is 0.478 e. The molecule has 1 atom stereocenters. The van der Waals surface area contributed by atoms with Crippen molar-refractivity contribution in [2.24, 2.45) is 0 Å². The fraction of sp³-hybridized carbons (Fsp3) is 0.643. The van der Waals surface area contributed by atoms with Crippen LogP contribution in [-0.2, 0) is 16.6 Å². The van der Waals surface area contributed by atoms with E-state index >= 15 is 0 Å². The molecule has 0 aromatic carbocycles. The molecule has 0 saturated carbocycles. The molecule has 6 nitrogen and oxygen atoms in total. The summed E-state index contributed by atoms with van der Waals surface area (Å²) in [4.78, 5) is 6.50. The van der Waals surface area contributed by atoms with Crippen LogP contribution < -0.4 is 9.46 Å². The van der Waals surface area contributed by atoms with Gasteiger partial charge in [0.25, 0.3) is 0 Å². The molecule has 0 unspecified atom stereocenters. The van der Waals surface area contributed by atoms with Crippen LogP contribution >= 0.6 is 0 Å². The quantitative estimate of drug-likeness (QED) is 0.813. The Labute approximate surface area is 126 Å². The van der Waals surface area contributed by atoms with Gasteiger partial charge in [0.1, 0.15) is 0 Å². The number of hydrogen-bond donors (Lipinski definition) is 1. The molecule has 1 N–H and O–H groups in total. The molecule has 1 aromatic heterocycles. The van der Waals surface area contributed by atoms with Crippen molar-refractivity contribution in [2.75, 3.05) is 26.0 Å². The SMILES string of the molecule is CCCOc1ccc(CN2CC[C@@H](NS(C)(=O)=O)C2)cn1. The van der Waals surface area contributed by atoms with Gasteiger partial charge in [0.05, 0.1) is 12.9 Å². The summed E-state index contributed by atoms with van der Waals surface area (Å²) in [6, 6.07) is 3.91. The van der Waals surface area contributed by atoms with E-state index in [1.165, 1.54) is 6.26 Å². The van der Waals surface area contributed by atoms with Crippen LogP contribution in [0.1, 0.15) is 25.3 Å². The van der Waals surface area contributed by atoms with Crippen molar-refractivity contribution < 1.29 is 13.2 Å². The lowest BCUT2D eigenvalue weighted by Gasteiger charge is -2.16. The van der Waals surface area contributed by atoms with Gasteiger partial charge < -0.3 is 4.74 Å². The van der Waals surface area contributed by atoms with E-state index in [2.05, 4.69) is 21.5 Å². The summed E-state index contributed by atoms with van der Waals surface area (Å²) < 4.78 is 30.6. The molecule has 1 aromatic rings. The average Bonchev–Trinajstić information content (AvgIpc) is 2.83. The second-order valence-corrected chi connectivity index (χ2v) is 7.24. The monoisotopic (exact) mass is 313 g/mol. The summed E-state index contributed by atoms with van der Waals surface area (Å²) in [6.45, 7) is 5.14. The van der Waals surface area contributed by atoms with Crippen molar-refractivity contribution in [1.82, 2.24) is 14.6 Å². The Kier molecular flexibility index (Phi) is 5.55. The van der Waals surface area contributed by atoms with Crippen molar-refractivity contribution in [2.45, 2.75) is 32.4 Å². The van der Waals surface area contributed by atoms with Gasteiger partial charge in [0.15, 0.2) is 0 Å². The van der Waals surface area contributed by atoms with Crippen molar-refractivity contribution >= 4 is 10.0 Å². The second kappa shape index (κ2) is 7.20. The van der Waals surface area contributed by atoms with Gasteiger partial charge in [-0.2, -0.15) is 0 Å². The highest BCUT2D eigenvalue weighted by Crippen LogP contribution is 2.15. The standard InChI is InChI=1S/C14H23N3O3S/c1-3-8-20-14-5-4-12(9-15-14)10-17-7-6-13(11-17)16-21(2,18)19/h4-5,9,13,16H,3,6-8,10-11H2,1-2H3/t13-/m1/s1. The maximum absolute atomic E-state index is 11.2.